The van der Waals surface area contributed by atoms with Crippen molar-refractivity contribution in [3.8, 4) is 0 Å². The lowest BCUT2D eigenvalue weighted by molar-refractivity contribution is -0.125. The van der Waals surface area contributed by atoms with Crippen LogP contribution in [0.3, 0.4) is 0 Å². The third-order valence-electron chi connectivity index (χ3n) is 8.05. The molecule has 6 heteroatoms. The molecule has 1 unspecified atom stereocenters. The normalized spacial score (nSPS) is 25.0. The Morgan fingerprint density at radius 1 is 1.00 bits per heavy atom. The van der Waals surface area contributed by atoms with Crippen molar-refractivity contribution in [3.63, 3.8) is 0 Å². The number of aromatic nitrogens is 1. The summed E-state index contributed by atoms with van der Waals surface area (Å²) in [6.07, 6.45) is 6.84. The van der Waals surface area contributed by atoms with Gasteiger partial charge in [0.1, 0.15) is 5.54 Å². The first-order chi connectivity index (χ1) is 15.2. The third kappa shape index (κ3) is 2.95. The number of fused-ring (bicyclic) bond motifs is 3. The second kappa shape index (κ2) is 7.23. The predicted molar refractivity (Wildman–Crippen MR) is 119 cm³/mol. The summed E-state index contributed by atoms with van der Waals surface area (Å²) < 4.78 is 0. The Bertz CT molecular complexity index is 1020. The van der Waals surface area contributed by atoms with Crippen molar-refractivity contribution in [1.29, 1.82) is 0 Å². The minimum absolute atomic E-state index is 0.0877. The van der Waals surface area contributed by atoms with Gasteiger partial charge in [-0.3, -0.25) is 9.59 Å². The smallest absolute Gasteiger partial charge is 0.247 e. The Balaban J connectivity index is 1.15. The van der Waals surface area contributed by atoms with Gasteiger partial charge >= 0.3 is 0 Å². The minimum Gasteiger partial charge on any atom is -0.361 e. The number of likely N-dealkylation sites (tertiary alicyclic amines) is 1. The van der Waals surface area contributed by atoms with Crippen molar-refractivity contribution in [2.75, 3.05) is 31.2 Å². The largest absolute Gasteiger partial charge is 0.361 e. The Morgan fingerprint density at radius 3 is 2.61 bits per heavy atom. The zero-order chi connectivity index (χ0) is 21.0. The number of carbonyl (C=O) groups excluding carboxylic acids is 2. The Hall–Kier alpha value is -2.60. The number of anilines is 1. The summed E-state index contributed by atoms with van der Waals surface area (Å²) in [5.74, 6) is 0.590. The molecule has 162 valence electrons. The first-order valence-electron chi connectivity index (χ1n) is 11.8. The van der Waals surface area contributed by atoms with Crippen LogP contribution in [0.5, 0.6) is 0 Å². The van der Waals surface area contributed by atoms with Crippen LogP contribution in [0.25, 0.3) is 0 Å². The number of hydrogen-bond donors (Lipinski definition) is 2. The average Bonchev–Trinajstić information content (AvgIpc) is 3.47. The van der Waals surface area contributed by atoms with Gasteiger partial charge in [-0.15, -0.1) is 0 Å². The van der Waals surface area contributed by atoms with E-state index in [0.29, 0.717) is 12.5 Å². The van der Waals surface area contributed by atoms with Gasteiger partial charge in [0, 0.05) is 48.2 Å². The topological polar surface area (TPSA) is 68.4 Å². The summed E-state index contributed by atoms with van der Waals surface area (Å²) in [6, 6.07) is 10.2. The molecule has 4 aliphatic rings. The van der Waals surface area contributed by atoms with E-state index in [1.165, 1.54) is 23.4 Å². The molecule has 1 aromatic heterocycles. The molecule has 1 aromatic carbocycles. The molecule has 2 aliphatic heterocycles. The molecule has 0 bridgehead atoms. The maximum absolute atomic E-state index is 13.3. The molecule has 2 N–H and O–H groups in total. The molecule has 6 nitrogen and oxygen atoms in total. The molecule has 3 heterocycles. The van der Waals surface area contributed by atoms with Gasteiger partial charge in [-0.05, 0) is 62.6 Å². The van der Waals surface area contributed by atoms with E-state index in [-0.39, 0.29) is 11.8 Å². The van der Waals surface area contributed by atoms with Crippen molar-refractivity contribution in [2.45, 2.75) is 50.5 Å². The van der Waals surface area contributed by atoms with E-state index in [4.69, 9.17) is 0 Å². The molecule has 2 fully saturated rings. The number of H-pyrrole nitrogens is 1. The number of carbonyl (C=O) groups is 2. The lowest BCUT2D eigenvalue weighted by Crippen LogP contribution is -2.57. The molecule has 2 saturated heterocycles. The molecule has 1 amide bonds. The van der Waals surface area contributed by atoms with Crippen molar-refractivity contribution < 1.29 is 9.59 Å². The molecular weight excluding hydrogens is 388 g/mol. The fourth-order valence-corrected chi connectivity index (χ4v) is 6.35. The highest BCUT2D eigenvalue weighted by Gasteiger charge is 2.50. The lowest BCUT2D eigenvalue weighted by atomic mass is 9.82. The number of para-hydroxylation sites is 1. The highest BCUT2D eigenvalue weighted by molar-refractivity contribution is 6.02. The van der Waals surface area contributed by atoms with Gasteiger partial charge in [-0.1, -0.05) is 18.2 Å². The number of aromatic amines is 1. The summed E-state index contributed by atoms with van der Waals surface area (Å²) in [6.45, 7) is 3.11. The van der Waals surface area contributed by atoms with Crippen molar-refractivity contribution in [1.82, 2.24) is 15.2 Å². The number of aryl methyl sites for hydroxylation is 2. The first-order valence-corrected chi connectivity index (χ1v) is 11.8. The molecule has 2 aromatic rings. The number of nitrogens with zero attached hydrogens (tertiary/aromatic N) is 2. The van der Waals surface area contributed by atoms with Gasteiger partial charge in [0.05, 0.1) is 6.67 Å². The SMILES string of the molecule is O=C1c2c([nH]c3c2CCC3)CCC1CN1CCC2(CC1)C(=O)NCN2c1ccccc1. The number of hydrogen-bond acceptors (Lipinski definition) is 4. The molecular formula is C25H30N4O2. The van der Waals surface area contributed by atoms with Crippen LogP contribution in [0.4, 0.5) is 5.69 Å². The van der Waals surface area contributed by atoms with E-state index in [1.54, 1.807) is 0 Å². The summed E-state index contributed by atoms with van der Waals surface area (Å²) in [4.78, 5) is 34.4. The van der Waals surface area contributed by atoms with Gasteiger partial charge in [0.15, 0.2) is 5.78 Å². The number of rotatable bonds is 3. The quantitative estimate of drug-likeness (QED) is 0.804. The number of nitrogens with one attached hydrogen (secondary N) is 2. The molecule has 2 aliphatic carbocycles. The monoisotopic (exact) mass is 418 g/mol. The highest BCUT2D eigenvalue weighted by atomic mass is 16.2. The number of piperidine rings is 1. The molecule has 31 heavy (non-hydrogen) atoms. The zero-order valence-corrected chi connectivity index (χ0v) is 18.0. The first kappa shape index (κ1) is 19.1. The molecule has 1 atom stereocenters. The average molecular weight is 419 g/mol. The standard InChI is InChI=1S/C25H30N4O2/c30-23-17(9-10-21-22(23)19-7-4-8-20(19)27-21)15-28-13-11-25(12-14-28)24(31)26-16-29(25)18-5-2-1-3-6-18/h1-3,5-6,17,27H,4,7-16H2,(H,26,31). The van der Waals surface area contributed by atoms with E-state index >= 15 is 0 Å². The van der Waals surface area contributed by atoms with E-state index in [2.05, 4.69) is 32.2 Å². The second-order valence-corrected chi connectivity index (χ2v) is 9.65. The van der Waals surface area contributed by atoms with Crippen LogP contribution in [0, 0.1) is 5.92 Å². The fraction of sp³-hybridized carbons (Fsp3) is 0.520. The van der Waals surface area contributed by atoms with Gasteiger partial charge < -0.3 is 20.1 Å². The Morgan fingerprint density at radius 2 is 1.81 bits per heavy atom. The predicted octanol–water partition coefficient (Wildman–Crippen LogP) is 2.68. The number of benzene rings is 1. The highest BCUT2D eigenvalue weighted by Crippen LogP contribution is 2.38. The maximum Gasteiger partial charge on any atom is 0.247 e. The summed E-state index contributed by atoms with van der Waals surface area (Å²) >= 11 is 0. The van der Waals surface area contributed by atoms with Crippen LogP contribution >= 0.6 is 0 Å². The van der Waals surface area contributed by atoms with Crippen LogP contribution in [-0.4, -0.2) is 53.4 Å². The number of amides is 1. The van der Waals surface area contributed by atoms with Crippen LogP contribution < -0.4 is 10.2 Å². The zero-order valence-electron chi connectivity index (χ0n) is 18.0. The van der Waals surface area contributed by atoms with Crippen LogP contribution in [0.15, 0.2) is 30.3 Å². The molecule has 0 radical (unpaired) electrons. The van der Waals surface area contributed by atoms with Crippen LogP contribution in [-0.2, 0) is 24.1 Å². The van der Waals surface area contributed by atoms with Crippen molar-refractivity contribution in [3.05, 3.63) is 52.8 Å². The number of Topliss-reactive ketones (excluding diaryl/α,β-unsaturated/α-hetero) is 1. The third-order valence-corrected chi connectivity index (χ3v) is 8.05. The second-order valence-electron chi connectivity index (χ2n) is 9.65. The van der Waals surface area contributed by atoms with E-state index in [0.717, 1.165) is 69.4 Å². The van der Waals surface area contributed by atoms with Gasteiger partial charge in [-0.25, -0.2) is 0 Å². The minimum atomic E-state index is -0.455. The van der Waals surface area contributed by atoms with Crippen LogP contribution in [0.2, 0.25) is 0 Å². The van der Waals surface area contributed by atoms with E-state index in [1.807, 2.05) is 18.2 Å². The van der Waals surface area contributed by atoms with Gasteiger partial charge in [0.2, 0.25) is 5.91 Å². The van der Waals surface area contributed by atoms with Gasteiger partial charge in [-0.2, -0.15) is 0 Å². The molecule has 6 rings (SSSR count). The van der Waals surface area contributed by atoms with Crippen molar-refractivity contribution in [2.24, 2.45) is 5.92 Å². The summed E-state index contributed by atoms with van der Waals surface area (Å²) in [7, 11) is 0. The lowest BCUT2D eigenvalue weighted by Gasteiger charge is -2.44. The van der Waals surface area contributed by atoms with Crippen molar-refractivity contribution >= 4 is 17.4 Å². The summed E-state index contributed by atoms with van der Waals surface area (Å²) in [5.41, 5.74) is 5.48. The Kier molecular flexibility index (Phi) is 4.46. The number of ketones is 1. The van der Waals surface area contributed by atoms with E-state index in [9.17, 15) is 9.59 Å². The molecule has 0 saturated carbocycles. The van der Waals surface area contributed by atoms with Gasteiger partial charge in [0.25, 0.3) is 0 Å². The summed E-state index contributed by atoms with van der Waals surface area (Å²) in [5, 5.41) is 3.07. The Labute approximate surface area is 183 Å². The van der Waals surface area contributed by atoms with E-state index < -0.39 is 5.54 Å². The maximum atomic E-state index is 13.3. The fourth-order valence-electron chi connectivity index (χ4n) is 6.35. The van der Waals surface area contributed by atoms with Crippen LogP contribution in [0.1, 0.15) is 53.0 Å². The molecule has 1 spiro atoms.